The van der Waals surface area contributed by atoms with Crippen molar-refractivity contribution in [2.45, 2.75) is 17.7 Å². The number of aliphatic carboxylic acids is 1. The van der Waals surface area contributed by atoms with Gasteiger partial charge in [0.1, 0.15) is 6.33 Å². The monoisotopic (exact) mass is 363 g/mol. The maximum Gasteiger partial charge on any atom is 0.303 e. The van der Waals surface area contributed by atoms with Crippen LogP contribution in [0.2, 0.25) is 0 Å². The Morgan fingerprint density at radius 2 is 1.96 bits per heavy atom. The molecule has 4 rings (SSSR count). The second-order valence-electron chi connectivity index (χ2n) is 6.01. The van der Waals surface area contributed by atoms with Crippen LogP contribution in [-0.2, 0) is 4.79 Å². The lowest BCUT2D eigenvalue weighted by Gasteiger charge is -2.11. The number of fused-ring (bicyclic) bond motifs is 3. The summed E-state index contributed by atoms with van der Waals surface area (Å²) in [6.45, 7) is 0. The van der Waals surface area contributed by atoms with Gasteiger partial charge in [-0.25, -0.2) is 0 Å². The molecule has 4 aromatic rings. The number of pyridine rings is 1. The first-order valence-electron chi connectivity index (χ1n) is 8.39. The molecule has 0 spiro atoms. The average molecular weight is 363 g/mol. The molecule has 0 atom stereocenters. The van der Waals surface area contributed by atoms with Crippen molar-refractivity contribution in [2.24, 2.45) is 0 Å². The second kappa shape index (κ2) is 7.17. The number of benzene rings is 2. The molecule has 0 aliphatic rings. The first-order valence-corrected chi connectivity index (χ1v) is 9.37. The second-order valence-corrected chi connectivity index (χ2v) is 7.18. The van der Waals surface area contributed by atoms with E-state index in [2.05, 4.69) is 46.6 Å². The Morgan fingerprint density at radius 3 is 2.77 bits per heavy atom. The molecule has 0 saturated carbocycles. The zero-order valence-corrected chi connectivity index (χ0v) is 14.8. The number of hydrogen-bond donors (Lipinski definition) is 1. The third kappa shape index (κ3) is 3.28. The summed E-state index contributed by atoms with van der Waals surface area (Å²) in [7, 11) is 0. The van der Waals surface area contributed by atoms with Crippen molar-refractivity contribution in [3.8, 4) is 11.1 Å². The highest BCUT2D eigenvalue weighted by atomic mass is 32.2. The molecule has 5 nitrogen and oxygen atoms in total. The van der Waals surface area contributed by atoms with Crippen LogP contribution in [0.3, 0.4) is 0 Å². The number of nitrogens with zero attached hydrogens (tertiary/aromatic N) is 3. The van der Waals surface area contributed by atoms with Gasteiger partial charge in [-0.1, -0.05) is 36.4 Å². The molecule has 2 aromatic carbocycles. The zero-order chi connectivity index (χ0) is 17.9. The van der Waals surface area contributed by atoms with Gasteiger partial charge in [0.05, 0.1) is 5.52 Å². The van der Waals surface area contributed by atoms with Crippen LogP contribution in [-0.4, -0.2) is 31.4 Å². The van der Waals surface area contributed by atoms with Gasteiger partial charge >= 0.3 is 5.97 Å². The fourth-order valence-electron chi connectivity index (χ4n) is 3.03. The molecule has 2 aromatic heterocycles. The molecule has 0 saturated heterocycles. The number of rotatable bonds is 6. The van der Waals surface area contributed by atoms with Crippen LogP contribution in [0.1, 0.15) is 12.8 Å². The topological polar surface area (TPSA) is 67.5 Å². The lowest BCUT2D eigenvalue weighted by Crippen LogP contribution is -1.95. The fourth-order valence-corrected chi connectivity index (χ4v) is 3.92. The number of carboxylic acid groups (broad SMARTS) is 1. The van der Waals surface area contributed by atoms with Gasteiger partial charge in [-0.05, 0) is 41.5 Å². The van der Waals surface area contributed by atoms with Gasteiger partial charge in [-0.2, -0.15) is 0 Å². The van der Waals surface area contributed by atoms with Crippen molar-refractivity contribution in [3.63, 3.8) is 0 Å². The number of carboxylic acids is 1. The number of aromatic nitrogens is 3. The van der Waals surface area contributed by atoms with Gasteiger partial charge in [0.2, 0.25) is 0 Å². The number of thioether (sulfide) groups is 1. The van der Waals surface area contributed by atoms with Crippen LogP contribution >= 0.6 is 11.8 Å². The summed E-state index contributed by atoms with van der Waals surface area (Å²) >= 11 is 1.67. The summed E-state index contributed by atoms with van der Waals surface area (Å²) in [5.74, 6) is 0.0319. The third-order valence-corrected chi connectivity index (χ3v) is 5.34. The Hall–Kier alpha value is -2.86. The summed E-state index contributed by atoms with van der Waals surface area (Å²) in [5, 5.41) is 18.2. The van der Waals surface area contributed by atoms with Crippen LogP contribution in [0.5, 0.6) is 0 Å². The fraction of sp³-hybridized carbons (Fsp3) is 0.150. The van der Waals surface area contributed by atoms with E-state index in [4.69, 9.17) is 5.11 Å². The molecule has 1 N–H and O–H groups in total. The standard InChI is InChI=1S/C20H17N3O2S/c24-20(25)7-4-10-26-15-8-9-16-17(14-5-2-1-3-6-14)12-19-22-21-13-23(19)18(16)11-15/h1-3,5-6,8-9,11-13H,4,7,10H2,(H,24,25). The Kier molecular flexibility index (Phi) is 4.58. The van der Waals surface area contributed by atoms with Crippen LogP contribution in [0.15, 0.2) is 65.8 Å². The first-order chi connectivity index (χ1) is 12.7. The molecule has 0 unspecified atom stereocenters. The number of carbonyl (C=O) groups is 1. The Balaban J connectivity index is 1.76. The van der Waals surface area contributed by atoms with Gasteiger partial charge in [0, 0.05) is 16.7 Å². The summed E-state index contributed by atoms with van der Waals surface area (Å²) in [6, 6.07) is 18.7. The minimum absolute atomic E-state index is 0.203. The molecule has 0 amide bonds. The van der Waals surface area contributed by atoms with Crippen LogP contribution in [0, 0.1) is 0 Å². The van der Waals surface area contributed by atoms with E-state index >= 15 is 0 Å². The molecule has 0 aliphatic heterocycles. The maximum atomic E-state index is 10.6. The molecular weight excluding hydrogens is 346 g/mol. The van der Waals surface area contributed by atoms with E-state index in [9.17, 15) is 4.79 Å². The van der Waals surface area contributed by atoms with Crippen molar-refractivity contribution in [2.75, 3.05) is 5.75 Å². The van der Waals surface area contributed by atoms with Crippen LogP contribution in [0.4, 0.5) is 0 Å². The van der Waals surface area contributed by atoms with Gasteiger partial charge in [0.15, 0.2) is 5.65 Å². The summed E-state index contributed by atoms with van der Waals surface area (Å²) < 4.78 is 1.99. The average Bonchev–Trinajstić information content (AvgIpc) is 3.14. The summed E-state index contributed by atoms with van der Waals surface area (Å²) in [4.78, 5) is 11.8. The van der Waals surface area contributed by atoms with Crippen molar-refractivity contribution < 1.29 is 9.90 Å². The smallest absolute Gasteiger partial charge is 0.303 e. The van der Waals surface area contributed by atoms with E-state index in [-0.39, 0.29) is 6.42 Å². The molecule has 0 fully saturated rings. The van der Waals surface area contributed by atoms with E-state index in [1.54, 1.807) is 18.1 Å². The molecular formula is C20H17N3O2S. The molecule has 0 bridgehead atoms. The van der Waals surface area contributed by atoms with E-state index in [0.717, 1.165) is 38.3 Å². The highest BCUT2D eigenvalue weighted by Gasteiger charge is 2.10. The molecule has 6 heteroatoms. The van der Waals surface area contributed by atoms with Crippen molar-refractivity contribution >= 4 is 34.3 Å². The minimum Gasteiger partial charge on any atom is -0.481 e. The normalized spacial score (nSPS) is 11.2. The molecule has 26 heavy (non-hydrogen) atoms. The van der Waals surface area contributed by atoms with E-state index < -0.39 is 5.97 Å². The quantitative estimate of drug-likeness (QED) is 0.403. The highest BCUT2D eigenvalue weighted by molar-refractivity contribution is 7.99. The van der Waals surface area contributed by atoms with Crippen LogP contribution in [0.25, 0.3) is 27.7 Å². The lowest BCUT2D eigenvalue weighted by molar-refractivity contribution is -0.137. The minimum atomic E-state index is -0.747. The number of hydrogen-bond acceptors (Lipinski definition) is 4. The van der Waals surface area contributed by atoms with Crippen molar-refractivity contribution in [1.29, 1.82) is 0 Å². The molecule has 2 heterocycles. The Labute approximate surface area is 154 Å². The predicted octanol–water partition coefficient (Wildman–Crippen LogP) is 4.51. The third-order valence-electron chi connectivity index (χ3n) is 4.25. The summed E-state index contributed by atoms with van der Waals surface area (Å²) in [6.07, 6.45) is 2.59. The van der Waals surface area contributed by atoms with Crippen molar-refractivity contribution in [1.82, 2.24) is 14.6 Å². The summed E-state index contributed by atoms with van der Waals surface area (Å²) in [5.41, 5.74) is 4.13. The van der Waals surface area contributed by atoms with Gasteiger partial charge < -0.3 is 5.11 Å². The van der Waals surface area contributed by atoms with E-state index in [0.29, 0.717) is 6.42 Å². The van der Waals surface area contributed by atoms with Crippen LogP contribution < -0.4 is 0 Å². The Bertz CT molecular complexity index is 1080. The SMILES string of the molecule is O=C(O)CCCSc1ccc2c(-c3ccccc3)cc3nncn3c2c1. The molecule has 130 valence electrons. The molecule has 0 radical (unpaired) electrons. The first kappa shape index (κ1) is 16.6. The highest BCUT2D eigenvalue weighted by Crippen LogP contribution is 2.32. The van der Waals surface area contributed by atoms with E-state index in [1.807, 2.05) is 22.6 Å². The van der Waals surface area contributed by atoms with Gasteiger partial charge in [-0.3, -0.25) is 9.20 Å². The van der Waals surface area contributed by atoms with Gasteiger partial charge in [-0.15, -0.1) is 22.0 Å². The van der Waals surface area contributed by atoms with Crippen molar-refractivity contribution in [3.05, 3.63) is 60.9 Å². The largest absolute Gasteiger partial charge is 0.481 e. The zero-order valence-electron chi connectivity index (χ0n) is 14.0. The maximum absolute atomic E-state index is 10.6. The molecule has 0 aliphatic carbocycles. The lowest BCUT2D eigenvalue weighted by atomic mass is 10.0. The predicted molar refractivity (Wildman–Crippen MR) is 104 cm³/mol. The van der Waals surface area contributed by atoms with E-state index in [1.165, 1.54) is 0 Å². The van der Waals surface area contributed by atoms with Gasteiger partial charge in [0.25, 0.3) is 0 Å². The Morgan fingerprint density at radius 1 is 1.12 bits per heavy atom.